The Morgan fingerprint density at radius 3 is 2.88 bits per heavy atom. The van der Waals surface area contributed by atoms with Crippen molar-refractivity contribution < 1.29 is 0 Å². The van der Waals surface area contributed by atoms with Crippen LogP contribution in [-0.4, -0.2) is 4.57 Å². The summed E-state index contributed by atoms with van der Waals surface area (Å²) in [6, 6.07) is 21.5. The molecule has 0 spiro atoms. The van der Waals surface area contributed by atoms with Crippen molar-refractivity contribution in [2.75, 3.05) is 0 Å². The number of hydrogen-bond acceptors (Lipinski definition) is 2. The molecule has 2 aromatic heterocycles. The molecule has 118 valence electrons. The van der Waals surface area contributed by atoms with Crippen LogP contribution in [0.15, 0.2) is 66.9 Å². The van der Waals surface area contributed by atoms with E-state index in [1.54, 1.807) is 0 Å². The van der Waals surface area contributed by atoms with Crippen molar-refractivity contribution in [3.8, 4) is 5.69 Å². The highest BCUT2D eigenvalue weighted by Crippen LogP contribution is 2.36. The lowest BCUT2D eigenvalue weighted by Gasteiger charge is -2.15. The second kappa shape index (κ2) is 5.49. The third kappa shape index (κ3) is 2.20. The number of benzene rings is 2. The molecule has 0 fully saturated rings. The first-order chi connectivity index (χ1) is 11.8. The topological polar surface area (TPSA) is 17.0 Å². The molecule has 2 nitrogen and oxygen atoms in total. The normalized spacial score (nSPS) is 16.6. The van der Waals surface area contributed by atoms with Gasteiger partial charge in [-0.15, -0.1) is 11.3 Å². The Hall–Kier alpha value is -2.07. The van der Waals surface area contributed by atoms with E-state index in [0.29, 0.717) is 0 Å². The number of nitrogens with one attached hydrogen (secondary N) is 1. The molecule has 1 atom stereocenters. The first-order valence-electron chi connectivity index (χ1n) is 7.97. The van der Waals surface area contributed by atoms with E-state index in [1.165, 1.54) is 31.9 Å². The zero-order valence-electron chi connectivity index (χ0n) is 12.9. The van der Waals surface area contributed by atoms with Crippen LogP contribution in [0.3, 0.4) is 0 Å². The Labute approximate surface area is 149 Å². The van der Waals surface area contributed by atoms with E-state index < -0.39 is 0 Å². The predicted octanol–water partition coefficient (Wildman–Crippen LogP) is 5.54. The Kier molecular flexibility index (Phi) is 3.27. The van der Waals surface area contributed by atoms with Gasteiger partial charge in [0.1, 0.15) is 0 Å². The van der Waals surface area contributed by atoms with Crippen LogP contribution >= 0.6 is 22.9 Å². The van der Waals surface area contributed by atoms with E-state index in [-0.39, 0.29) is 6.04 Å². The van der Waals surface area contributed by atoms with Crippen molar-refractivity contribution in [2.24, 2.45) is 0 Å². The van der Waals surface area contributed by atoms with Crippen LogP contribution < -0.4 is 5.32 Å². The van der Waals surface area contributed by atoms with E-state index >= 15 is 0 Å². The fourth-order valence-corrected chi connectivity index (χ4v) is 4.79. The lowest BCUT2D eigenvalue weighted by molar-refractivity contribution is 0.609. The number of fused-ring (bicyclic) bond motifs is 4. The largest absolute Gasteiger partial charge is 0.319 e. The summed E-state index contributed by atoms with van der Waals surface area (Å²) in [5.41, 5.74) is 3.68. The van der Waals surface area contributed by atoms with E-state index in [2.05, 4.69) is 70.7 Å². The molecule has 0 saturated heterocycles. The summed E-state index contributed by atoms with van der Waals surface area (Å²) >= 11 is 8.10. The number of rotatable bonds is 1. The number of hydrogen-bond donors (Lipinski definition) is 1. The standard InChI is InChI=1S/C20H15ClN2S/c21-15-8-7-14-12-22-20(16-5-3-9-23(16)17(14)11-15)19-10-13-4-1-2-6-18(13)24-19/h1-11,20,22H,12H2. The fourth-order valence-electron chi connectivity index (χ4n) is 3.47. The number of aromatic nitrogens is 1. The molecular formula is C20H15ClN2S. The molecule has 0 radical (unpaired) electrons. The third-order valence-corrected chi connectivity index (χ3v) is 6.02. The minimum Gasteiger partial charge on any atom is -0.319 e. The van der Waals surface area contributed by atoms with Crippen LogP contribution in [0.1, 0.15) is 22.2 Å². The van der Waals surface area contributed by atoms with Gasteiger partial charge in [0.15, 0.2) is 0 Å². The van der Waals surface area contributed by atoms with Crippen LogP contribution in [0.2, 0.25) is 5.02 Å². The second-order valence-corrected chi connectivity index (χ2v) is 7.63. The van der Waals surface area contributed by atoms with Crippen LogP contribution in [0.25, 0.3) is 15.8 Å². The van der Waals surface area contributed by atoms with Gasteiger partial charge in [-0.3, -0.25) is 0 Å². The molecule has 4 heteroatoms. The SMILES string of the molecule is Clc1ccc2c(c1)-n1cccc1C(c1cc3ccccc3s1)NC2. The fraction of sp³-hybridized carbons (Fsp3) is 0.100. The van der Waals surface area contributed by atoms with Gasteiger partial charge in [-0.05, 0) is 47.3 Å². The highest BCUT2D eigenvalue weighted by molar-refractivity contribution is 7.19. The van der Waals surface area contributed by atoms with Crippen molar-refractivity contribution in [2.45, 2.75) is 12.6 Å². The molecule has 0 amide bonds. The van der Waals surface area contributed by atoms with Gasteiger partial charge in [0, 0.05) is 33.0 Å². The molecule has 1 aliphatic rings. The van der Waals surface area contributed by atoms with Crippen LogP contribution in [0.5, 0.6) is 0 Å². The average molecular weight is 351 g/mol. The molecule has 5 rings (SSSR count). The molecule has 0 aliphatic carbocycles. The lowest BCUT2D eigenvalue weighted by atomic mass is 10.1. The summed E-state index contributed by atoms with van der Waals surface area (Å²) in [5, 5.41) is 5.80. The molecule has 3 heterocycles. The zero-order valence-corrected chi connectivity index (χ0v) is 14.4. The minimum absolute atomic E-state index is 0.184. The summed E-state index contributed by atoms with van der Waals surface area (Å²) in [5.74, 6) is 0. The number of halogens is 1. The van der Waals surface area contributed by atoms with Gasteiger partial charge in [-0.2, -0.15) is 0 Å². The highest BCUT2D eigenvalue weighted by atomic mass is 35.5. The maximum atomic E-state index is 6.24. The Bertz CT molecular complexity index is 1010. The van der Waals surface area contributed by atoms with Gasteiger partial charge in [0.05, 0.1) is 11.7 Å². The zero-order chi connectivity index (χ0) is 16.1. The van der Waals surface area contributed by atoms with Crippen LogP contribution in [-0.2, 0) is 6.54 Å². The monoisotopic (exact) mass is 350 g/mol. The Morgan fingerprint density at radius 2 is 1.96 bits per heavy atom. The average Bonchev–Trinajstić information content (AvgIpc) is 3.20. The first-order valence-corrected chi connectivity index (χ1v) is 9.17. The summed E-state index contributed by atoms with van der Waals surface area (Å²) in [4.78, 5) is 1.34. The van der Waals surface area contributed by atoms with E-state index in [0.717, 1.165) is 11.6 Å². The van der Waals surface area contributed by atoms with Crippen molar-refractivity contribution in [3.05, 3.63) is 88.0 Å². The Morgan fingerprint density at radius 1 is 1.04 bits per heavy atom. The second-order valence-electron chi connectivity index (χ2n) is 6.08. The Balaban J connectivity index is 1.68. The highest BCUT2D eigenvalue weighted by Gasteiger charge is 2.24. The molecular weight excluding hydrogens is 336 g/mol. The lowest BCUT2D eigenvalue weighted by Crippen LogP contribution is -2.20. The first kappa shape index (κ1) is 14.3. The van der Waals surface area contributed by atoms with E-state index in [4.69, 9.17) is 11.6 Å². The quantitative estimate of drug-likeness (QED) is 0.477. The third-order valence-electron chi connectivity index (χ3n) is 4.61. The van der Waals surface area contributed by atoms with Crippen LogP contribution in [0.4, 0.5) is 0 Å². The van der Waals surface area contributed by atoms with Gasteiger partial charge in [-0.1, -0.05) is 35.9 Å². The molecule has 1 N–H and O–H groups in total. The van der Waals surface area contributed by atoms with Crippen molar-refractivity contribution >= 4 is 33.0 Å². The predicted molar refractivity (Wildman–Crippen MR) is 101 cm³/mol. The van der Waals surface area contributed by atoms with E-state index in [9.17, 15) is 0 Å². The van der Waals surface area contributed by atoms with Gasteiger partial charge in [0.25, 0.3) is 0 Å². The van der Waals surface area contributed by atoms with Gasteiger partial charge in [0.2, 0.25) is 0 Å². The molecule has 2 aromatic carbocycles. The summed E-state index contributed by atoms with van der Waals surface area (Å²) in [6.07, 6.45) is 2.12. The van der Waals surface area contributed by atoms with Gasteiger partial charge >= 0.3 is 0 Å². The van der Waals surface area contributed by atoms with Crippen molar-refractivity contribution in [3.63, 3.8) is 0 Å². The maximum Gasteiger partial charge on any atom is 0.0831 e. The van der Waals surface area contributed by atoms with Gasteiger partial charge in [-0.25, -0.2) is 0 Å². The summed E-state index contributed by atoms with van der Waals surface area (Å²) < 4.78 is 3.59. The van der Waals surface area contributed by atoms with Crippen LogP contribution in [0, 0.1) is 0 Å². The number of nitrogens with zero attached hydrogens (tertiary/aromatic N) is 1. The molecule has 0 bridgehead atoms. The molecule has 4 aromatic rings. The molecule has 0 saturated carbocycles. The molecule has 24 heavy (non-hydrogen) atoms. The summed E-state index contributed by atoms with van der Waals surface area (Å²) in [6.45, 7) is 0.826. The van der Waals surface area contributed by atoms with E-state index in [1.807, 2.05) is 17.4 Å². The van der Waals surface area contributed by atoms with Gasteiger partial charge < -0.3 is 9.88 Å². The minimum atomic E-state index is 0.184. The molecule has 1 aliphatic heterocycles. The summed E-state index contributed by atoms with van der Waals surface area (Å²) in [7, 11) is 0. The smallest absolute Gasteiger partial charge is 0.0831 e. The number of thiophene rings is 1. The van der Waals surface area contributed by atoms with Crippen molar-refractivity contribution in [1.82, 2.24) is 9.88 Å². The molecule has 1 unspecified atom stereocenters. The van der Waals surface area contributed by atoms with Crippen molar-refractivity contribution in [1.29, 1.82) is 0 Å². The maximum absolute atomic E-state index is 6.24.